The van der Waals surface area contributed by atoms with Gasteiger partial charge in [-0.15, -0.1) is 0 Å². The van der Waals surface area contributed by atoms with E-state index in [-0.39, 0.29) is 6.54 Å². The Labute approximate surface area is 67.9 Å². The first-order chi connectivity index (χ1) is 5.57. The summed E-state index contributed by atoms with van der Waals surface area (Å²) in [5.74, 6) is -2.59. The van der Waals surface area contributed by atoms with E-state index < -0.39 is 29.7 Å². The molecule has 0 aliphatic carbocycles. The third-order valence-corrected chi connectivity index (χ3v) is 1.53. The monoisotopic (exact) mass is 175 g/mol. The second-order valence-electron chi connectivity index (χ2n) is 2.36. The van der Waals surface area contributed by atoms with Gasteiger partial charge in [0.05, 0.1) is 0 Å². The number of ether oxygens (including phenoxy) is 1. The van der Waals surface area contributed by atoms with E-state index >= 15 is 0 Å². The first kappa shape index (κ1) is 8.82. The number of cyclic esters (lactones) is 1. The van der Waals surface area contributed by atoms with Crippen molar-refractivity contribution < 1.29 is 24.9 Å². The lowest BCUT2D eigenvalue weighted by Gasteiger charge is -2.14. The van der Waals surface area contributed by atoms with Crippen LogP contribution in [0.15, 0.2) is 11.5 Å². The number of hydrogen-bond acceptors (Lipinski definition) is 6. The Morgan fingerprint density at radius 3 is 2.50 bits per heavy atom. The van der Waals surface area contributed by atoms with E-state index in [2.05, 4.69) is 4.74 Å². The summed E-state index contributed by atoms with van der Waals surface area (Å²) in [6.45, 7) is -0.171. The lowest BCUT2D eigenvalue weighted by Crippen LogP contribution is -2.35. The fraction of sp³-hybridized carbons (Fsp3) is 0.500. The Bertz CT molecular complexity index is 236. The maximum absolute atomic E-state index is 10.6. The predicted octanol–water partition coefficient (Wildman–Crippen LogP) is -1.44. The van der Waals surface area contributed by atoms with Crippen LogP contribution in [0.4, 0.5) is 0 Å². The van der Waals surface area contributed by atoms with Crippen LogP contribution in [0.25, 0.3) is 0 Å². The van der Waals surface area contributed by atoms with Crippen LogP contribution >= 0.6 is 0 Å². The summed E-state index contributed by atoms with van der Waals surface area (Å²) in [6, 6.07) is 0. The van der Waals surface area contributed by atoms with Crippen LogP contribution in [0.5, 0.6) is 0 Å². The summed E-state index contributed by atoms with van der Waals surface area (Å²) in [7, 11) is 0. The Kier molecular flexibility index (Phi) is 2.20. The van der Waals surface area contributed by atoms with Crippen molar-refractivity contribution in [2.24, 2.45) is 5.73 Å². The zero-order valence-corrected chi connectivity index (χ0v) is 6.10. The van der Waals surface area contributed by atoms with Crippen LogP contribution in [-0.4, -0.2) is 40.0 Å². The Morgan fingerprint density at radius 2 is 2.17 bits per heavy atom. The third-order valence-electron chi connectivity index (χ3n) is 1.53. The van der Waals surface area contributed by atoms with E-state index in [0.717, 1.165) is 0 Å². The second kappa shape index (κ2) is 3.00. The van der Waals surface area contributed by atoms with Gasteiger partial charge in [-0.25, -0.2) is 4.79 Å². The number of nitrogens with two attached hydrogens (primary N) is 1. The summed E-state index contributed by atoms with van der Waals surface area (Å²) >= 11 is 0. The highest BCUT2D eigenvalue weighted by Crippen LogP contribution is 2.20. The molecule has 1 rings (SSSR count). The molecule has 6 nitrogen and oxygen atoms in total. The second-order valence-corrected chi connectivity index (χ2v) is 2.36. The molecule has 0 aromatic rings. The summed E-state index contributed by atoms with van der Waals surface area (Å²) < 4.78 is 4.40. The molecule has 0 bridgehead atoms. The fourth-order valence-corrected chi connectivity index (χ4v) is 0.851. The van der Waals surface area contributed by atoms with Crippen molar-refractivity contribution in [3.8, 4) is 0 Å². The standard InChI is InChI=1S/C6H9NO5/c7-1-2(8)5-3(9)4(10)6(11)12-5/h2,5,8-10H,1,7H2/t2-,5?/m0/s1. The van der Waals surface area contributed by atoms with Gasteiger partial charge in [-0.1, -0.05) is 0 Å². The predicted molar refractivity (Wildman–Crippen MR) is 37.2 cm³/mol. The quantitative estimate of drug-likeness (QED) is 0.382. The molecule has 0 spiro atoms. The molecule has 1 aliphatic heterocycles. The summed E-state index contributed by atoms with van der Waals surface area (Å²) in [6.07, 6.45) is -2.43. The lowest BCUT2D eigenvalue weighted by molar-refractivity contribution is -0.146. The normalized spacial score (nSPS) is 25.8. The zero-order valence-electron chi connectivity index (χ0n) is 6.10. The van der Waals surface area contributed by atoms with Crippen LogP contribution < -0.4 is 5.73 Å². The van der Waals surface area contributed by atoms with Crippen molar-refractivity contribution >= 4 is 5.97 Å². The molecule has 2 atom stereocenters. The maximum Gasteiger partial charge on any atom is 0.377 e. The van der Waals surface area contributed by atoms with Crippen LogP contribution in [0.2, 0.25) is 0 Å². The van der Waals surface area contributed by atoms with Crippen LogP contribution in [0, 0.1) is 0 Å². The molecule has 1 heterocycles. The van der Waals surface area contributed by atoms with Crippen LogP contribution in [0.1, 0.15) is 0 Å². The molecule has 0 radical (unpaired) electrons. The van der Waals surface area contributed by atoms with Crippen LogP contribution in [0.3, 0.4) is 0 Å². The van der Waals surface area contributed by atoms with Gasteiger partial charge in [-0.3, -0.25) is 0 Å². The van der Waals surface area contributed by atoms with Crippen molar-refractivity contribution in [1.82, 2.24) is 0 Å². The van der Waals surface area contributed by atoms with Gasteiger partial charge in [-0.2, -0.15) is 0 Å². The molecule has 1 aliphatic rings. The zero-order chi connectivity index (χ0) is 9.30. The Hall–Kier alpha value is -1.27. The van der Waals surface area contributed by atoms with Crippen LogP contribution in [-0.2, 0) is 9.53 Å². The van der Waals surface area contributed by atoms with E-state index in [9.17, 15) is 4.79 Å². The molecule has 0 saturated heterocycles. The van der Waals surface area contributed by atoms with Gasteiger partial charge >= 0.3 is 5.97 Å². The molecule has 0 aromatic carbocycles. The number of aliphatic hydroxyl groups excluding tert-OH is 3. The molecule has 6 heteroatoms. The van der Waals surface area contributed by atoms with Gasteiger partial charge in [0.15, 0.2) is 11.9 Å². The highest BCUT2D eigenvalue weighted by molar-refractivity contribution is 5.89. The third kappa shape index (κ3) is 1.21. The molecule has 68 valence electrons. The molecule has 0 fully saturated rings. The van der Waals surface area contributed by atoms with Crippen molar-refractivity contribution in [3.63, 3.8) is 0 Å². The number of carbonyl (C=O) groups is 1. The van der Waals surface area contributed by atoms with Crippen molar-refractivity contribution in [1.29, 1.82) is 0 Å². The Morgan fingerprint density at radius 1 is 1.58 bits per heavy atom. The minimum atomic E-state index is -1.23. The van der Waals surface area contributed by atoms with E-state index in [0.29, 0.717) is 0 Å². The fourth-order valence-electron chi connectivity index (χ4n) is 0.851. The summed E-state index contributed by atoms with van der Waals surface area (Å²) in [5.41, 5.74) is 5.05. The van der Waals surface area contributed by atoms with Gasteiger partial charge in [0.1, 0.15) is 6.10 Å². The molecular formula is C6H9NO5. The first-order valence-corrected chi connectivity index (χ1v) is 3.29. The van der Waals surface area contributed by atoms with E-state index in [1.54, 1.807) is 0 Å². The number of rotatable bonds is 2. The van der Waals surface area contributed by atoms with Gasteiger partial charge in [-0.05, 0) is 0 Å². The van der Waals surface area contributed by atoms with Crippen molar-refractivity contribution in [3.05, 3.63) is 11.5 Å². The highest BCUT2D eigenvalue weighted by Gasteiger charge is 2.38. The number of carbonyl (C=O) groups excluding carboxylic acids is 1. The minimum absolute atomic E-state index is 0.171. The number of hydrogen-bond donors (Lipinski definition) is 4. The van der Waals surface area contributed by atoms with E-state index in [4.69, 9.17) is 21.1 Å². The molecular weight excluding hydrogens is 166 g/mol. The average molecular weight is 175 g/mol. The largest absolute Gasteiger partial charge is 0.505 e. The first-order valence-electron chi connectivity index (χ1n) is 3.29. The van der Waals surface area contributed by atoms with Crippen molar-refractivity contribution in [2.45, 2.75) is 12.2 Å². The van der Waals surface area contributed by atoms with Crippen molar-refractivity contribution in [2.75, 3.05) is 6.54 Å². The molecule has 0 amide bonds. The maximum atomic E-state index is 10.6. The van der Waals surface area contributed by atoms with E-state index in [1.165, 1.54) is 0 Å². The minimum Gasteiger partial charge on any atom is -0.505 e. The highest BCUT2D eigenvalue weighted by atomic mass is 16.6. The van der Waals surface area contributed by atoms with Gasteiger partial charge in [0, 0.05) is 6.54 Å². The lowest BCUT2D eigenvalue weighted by atomic mass is 10.2. The topological polar surface area (TPSA) is 113 Å². The summed E-state index contributed by atoms with van der Waals surface area (Å²) in [4.78, 5) is 10.6. The van der Waals surface area contributed by atoms with E-state index in [1.807, 2.05) is 0 Å². The number of aliphatic hydroxyl groups is 3. The molecule has 0 saturated carbocycles. The average Bonchev–Trinajstić information content (AvgIpc) is 2.32. The van der Waals surface area contributed by atoms with Gasteiger partial charge in [0.25, 0.3) is 0 Å². The SMILES string of the molecule is NC[C@H](O)C1OC(=O)C(O)=C1O. The number of esters is 1. The smallest absolute Gasteiger partial charge is 0.377 e. The molecule has 5 N–H and O–H groups in total. The Balaban J connectivity index is 2.80. The van der Waals surface area contributed by atoms with Gasteiger partial charge < -0.3 is 25.8 Å². The summed E-state index contributed by atoms with van der Waals surface area (Å²) in [5, 5.41) is 26.8. The molecule has 1 unspecified atom stereocenters. The molecule has 12 heavy (non-hydrogen) atoms. The molecule has 0 aromatic heterocycles. The van der Waals surface area contributed by atoms with Gasteiger partial charge in [0.2, 0.25) is 5.76 Å².